The summed E-state index contributed by atoms with van der Waals surface area (Å²) in [6.45, 7) is 4.33. The van der Waals surface area contributed by atoms with E-state index in [4.69, 9.17) is 0 Å². The molecule has 0 N–H and O–H groups in total. The zero-order valence-electron chi connectivity index (χ0n) is 10.4. The van der Waals surface area contributed by atoms with Crippen molar-refractivity contribution in [1.29, 1.82) is 0 Å². The molecule has 0 radical (unpaired) electrons. The first kappa shape index (κ1) is 12.5. The Morgan fingerprint density at radius 3 is 2.83 bits per heavy atom. The van der Waals surface area contributed by atoms with Gasteiger partial charge in [-0.3, -0.25) is 4.79 Å². The van der Waals surface area contributed by atoms with E-state index < -0.39 is 0 Å². The molecule has 3 rings (SSSR count). The van der Waals surface area contributed by atoms with E-state index in [0.717, 1.165) is 13.1 Å². The lowest BCUT2D eigenvalue weighted by molar-refractivity contribution is -0.128. The normalized spacial score (nSPS) is 25.2. The Kier molecular flexibility index (Phi) is 3.91. The summed E-state index contributed by atoms with van der Waals surface area (Å²) in [4.78, 5) is 17.8. The molecule has 2 aliphatic rings. The summed E-state index contributed by atoms with van der Waals surface area (Å²) in [5, 5.41) is 2.36. The molecule has 0 aromatic carbocycles. The summed E-state index contributed by atoms with van der Waals surface area (Å²) >= 11 is 3.52. The predicted molar refractivity (Wildman–Crippen MR) is 76.9 cm³/mol. The van der Waals surface area contributed by atoms with Crippen molar-refractivity contribution in [2.45, 2.75) is 18.2 Å². The van der Waals surface area contributed by atoms with Crippen molar-refractivity contribution >= 4 is 29.0 Å². The molecule has 1 unspecified atom stereocenters. The van der Waals surface area contributed by atoms with Crippen LogP contribution >= 0.6 is 23.1 Å². The number of hydrogen-bond donors (Lipinski definition) is 0. The van der Waals surface area contributed by atoms with Gasteiger partial charge in [0.05, 0.1) is 5.75 Å². The highest BCUT2D eigenvalue weighted by Crippen LogP contribution is 2.40. The Hall–Kier alpha value is -0.520. The minimum atomic E-state index is 0.264. The highest BCUT2D eigenvalue weighted by atomic mass is 32.2. The van der Waals surface area contributed by atoms with Crippen LogP contribution in [0.1, 0.15) is 23.1 Å². The van der Waals surface area contributed by atoms with Crippen LogP contribution < -0.4 is 0 Å². The Balaban J connectivity index is 1.62. The first-order chi connectivity index (χ1) is 8.84. The molecule has 1 aromatic heterocycles. The number of likely N-dealkylation sites (tertiary alicyclic amines) is 1. The number of thiophene rings is 1. The van der Waals surface area contributed by atoms with Gasteiger partial charge in [-0.2, -0.15) is 0 Å². The van der Waals surface area contributed by atoms with E-state index in [1.54, 1.807) is 23.1 Å². The Morgan fingerprint density at radius 2 is 2.11 bits per heavy atom. The van der Waals surface area contributed by atoms with Crippen LogP contribution in [-0.4, -0.2) is 47.6 Å². The van der Waals surface area contributed by atoms with Crippen LogP contribution in [0.3, 0.4) is 0 Å². The van der Waals surface area contributed by atoms with E-state index >= 15 is 0 Å². The summed E-state index contributed by atoms with van der Waals surface area (Å²) in [5.74, 6) is 0.945. The molecule has 3 heterocycles. The van der Waals surface area contributed by atoms with E-state index in [2.05, 4.69) is 27.3 Å². The fraction of sp³-hybridized carbons (Fsp3) is 0.615. The largest absolute Gasteiger partial charge is 0.324 e. The third-order valence-corrected chi connectivity index (χ3v) is 5.92. The second kappa shape index (κ2) is 5.63. The summed E-state index contributed by atoms with van der Waals surface area (Å²) in [5.41, 5.74) is 0. The lowest BCUT2D eigenvalue weighted by atomic mass is 10.3. The van der Waals surface area contributed by atoms with Gasteiger partial charge in [-0.1, -0.05) is 6.07 Å². The Morgan fingerprint density at radius 1 is 1.28 bits per heavy atom. The molecular formula is C13H18N2OS2. The third-order valence-electron chi connectivity index (χ3n) is 3.61. The van der Waals surface area contributed by atoms with Crippen molar-refractivity contribution in [1.82, 2.24) is 9.80 Å². The number of carbonyl (C=O) groups is 1. The van der Waals surface area contributed by atoms with E-state index in [-0.39, 0.29) is 5.37 Å². The van der Waals surface area contributed by atoms with Crippen LogP contribution in [0.2, 0.25) is 0 Å². The highest BCUT2D eigenvalue weighted by molar-refractivity contribution is 8.00. The Bertz CT molecular complexity index is 401. The van der Waals surface area contributed by atoms with Crippen LogP contribution in [0.4, 0.5) is 0 Å². The van der Waals surface area contributed by atoms with Gasteiger partial charge >= 0.3 is 0 Å². The number of amides is 1. The molecule has 3 nitrogen and oxygen atoms in total. The minimum Gasteiger partial charge on any atom is -0.324 e. The SMILES string of the molecule is O=C1CSC(c2cccs2)N1CCN1CCCC1. The van der Waals surface area contributed by atoms with Gasteiger partial charge < -0.3 is 9.80 Å². The smallest absolute Gasteiger partial charge is 0.233 e. The van der Waals surface area contributed by atoms with Crippen LogP contribution in [0.25, 0.3) is 0 Å². The lowest BCUT2D eigenvalue weighted by Gasteiger charge is -2.25. The van der Waals surface area contributed by atoms with E-state index in [1.807, 2.05) is 0 Å². The average Bonchev–Trinajstić information content (AvgIpc) is 3.08. The summed E-state index contributed by atoms with van der Waals surface area (Å²) in [7, 11) is 0. The van der Waals surface area contributed by atoms with Gasteiger partial charge in [0, 0.05) is 18.0 Å². The first-order valence-corrected chi connectivity index (χ1v) is 8.44. The van der Waals surface area contributed by atoms with Gasteiger partial charge in [-0.15, -0.1) is 23.1 Å². The zero-order valence-corrected chi connectivity index (χ0v) is 12.0. The molecule has 2 aliphatic heterocycles. The molecule has 1 amide bonds. The fourth-order valence-corrected chi connectivity index (χ4v) is 4.82. The molecule has 98 valence electrons. The average molecular weight is 282 g/mol. The maximum atomic E-state index is 12.0. The number of rotatable bonds is 4. The molecule has 2 saturated heterocycles. The van der Waals surface area contributed by atoms with Gasteiger partial charge in [-0.05, 0) is 37.4 Å². The second-order valence-corrected chi connectivity index (χ2v) is 6.86. The summed E-state index contributed by atoms with van der Waals surface area (Å²) in [6, 6.07) is 4.21. The Labute approximate surface area is 116 Å². The van der Waals surface area contributed by atoms with Gasteiger partial charge in [0.15, 0.2) is 0 Å². The molecule has 1 atom stereocenters. The van der Waals surface area contributed by atoms with Crippen molar-refractivity contribution in [3.05, 3.63) is 22.4 Å². The van der Waals surface area contributed by atoms with Crippen LogP contribution in [0.15, 0.2) is 17.5 Å². The zero-order chi connectivity index (χ0) is 12.4. The molecular weight excluding hydrogens is 264 g/mol. The first-order valence-electron chi connectivity index (χ1n) is 6.51. The number of carbonyl (C=O) groups excluding carboxylic acids is 1. The monoisotopic (exact) mass is 282 g/mol. The van der Waals surface area contributed by atoms with Gasteiger partial charge in [0.25, 0.3) is 0 Å². The summed E-state index contributed by atoms with van der Waals surface area (Å²) in [6.07, 6.45) is 2.63. The summed E-state index contributed by atoms with van der Waals surface area (Å²) < 4.78 is 0. The van der Waals surface area contributed by atoms with Crippen molar-refractivity contribution in [3.63, 3.8) is 0 Å². The van der Waals surface area contributed by atoms with Crippen LogP contribution in [0, 0.1) is 0 Å². The predicted octanol–water partition coefficient (Wildman–Crippen LogP) is 2.42. The van der Waals surface area contributed by atoms with Gasteiger partial charge in [0.1, 0.15) is 5.37 Å². The minimum absolute atomic E-state index is 0.264. The highest BCUT2D eigenvalue weighted by Gasteiger charge is 2.33. The molecule has 18 heavy (non-hydrogen) atoms. The number of thioether (sulfide) groups is 1. The standard InChI is InChI=1S/C13H18N2OS2/c16-12-10-18-13(11-4-3-9-17-11)15(12)8-7-14-5-1-2-6-14/h3-4,9,13H,1-2,5-8,10H2. The molecule has 2 fully saturated rings. The van der Waals surface area contributed by atoms with Gasteiger partial charge in [0.2, 0.25) is 5.91 Å². The van der Waals surface area contributed by atoms with Crippen molar-refractivity contribution < 1.29 is 4.79 Å². The second-order valence-electron chi connectivity index (χ2n) is 4.81. The van der Waals surface area contributed by atoms with Gasteiger partial charge in [-0.25, -0.2) is 0 Å². The maximum absolute atomic E-state index is 12.0. The van der Waals surface area contributed by atoms with Crippen molar-refractivity contribution in [3.8, 4) is 0 Å². The van der Waals surface area contributed by atoms with E-state index in [1.165, 1.54) is 30.8 Å². The molecule has 0 saturated carbocycles. The van der Waals surface area contributed by atoms with Crippen LogP contribution in [0.5, 0.6) is 0 Å². The molecule has 0 aliphatic carbocycles. The third kappa shape index (κ3) is 2.58. The van der Waals surface area contributed by atoms with Crippen LogP contribution in [-0.2, 0) is 4.79 Å². The number of nitrogens with zero attached hydrogens (tertiary/aromatic N) is 2. The quantitative estimate of drug-likeness (QED) is 0.847. The lowest BCUT2D eigenvalue weighted by Crippen LogP contribution is -2.36. The number of hydrogen-bond acceptors (Lipinski definition) is 4. The molecule has 5 heteroatoms. The maximum Gasteiger partial charge on any atom is 0.233 e. The van der Waals surface area contributed by atoms with Crippen molar-refractivity contribution in [2.24, 2.45) is 0 Å². The molecule has 1 aromatic rings. The van der Waals surface area contributed by atoms with E-state index in [9.17, 15) is 4.79 Å². The molecule has 0 bridgehead atoms. The topological polar surface area (TPSA) is 23.6 Å². The molecule has 0 spiro atoms. The van der Waals surface area contributed by atoms with E-state index in [0.29, 0.717) is 11.7 Å². The fourth-order valence-electron chi connectivity index (χ4n) is 2.62. The van der Waals surface area contributed by atoms with Crippen molar-refractivity contribution in [2.75, 3.05) is 31.9 Å².